The van der Waals surface area contributed by atoms with Gasteiger partial charge in [-0.2, -0.15) is 11.8 Å². The van der Waals surface area contributed by atoms with E-state index < -0.39 is 0 Å². The Morgan fingerprint density at radius 1 is 1.38 bits per heavy atom. The summed E-state index contributed by atoms with van der Waals surface area (Å²) >= 11 is 2.21. The first kappa shape index (κ1) is 12.7. The Labute approximate surface area is 105 Å². The van der Waals surface area contributed by atoms with Crippen LogP contribution in [-0.2, 0) is 0 Å². The molecule has 2 aliphatic heterocycles. The molecule has 0 radical (unpaired) electrons. The Morgan fingerprint density at radius 3 is 2.94 bits per heavy atom. The van der Waals surface area contributed by atoms with Gasteiger partial charge in [-0.3, -0.25) is 4.90 Å². The van der Waals surface area contributed by atoms with E-state index in [2.05, 4.69) is 35.8 Å². The first-order valence-electron chi connectivity index (χ1n) is 6.88. The summed E-state index contributed by atoms with van der Waals surface area (Å²) in [5.41, 5.74) is 0. The quantitative estimate of drug-likeness (QED) is 0.818. The molecule has 0 bridgehead atoms. The molecule has 0 aromatic heterocycles. The third-order valence-electron chi connectivity index (χ3n) is 3.99. The molecule has 2 saturated heterocycles. The molecular weight excluding hydrogens is 216 g/mol. The Kier molecular flexibility index (Phi) is 4.98. The van der Waals surface area contributed by atoms with Crippen molar-refractivity contribution in [2.75, 3.05) is 25.4 Å². The number of nitrogens with zero attached hydrogens (tertiary/aromatic N) is 1. The van der Waals surface area contributed by atoms with E-state index in [1.165, 1.54) is 51.1 Å². The summed E-state index contributed by atoms with van der Waals surface area (Å²) < 4.78 is 0. The van der Waals surface area contributed by atoms with Gasteiger partial charge in [-0.15, -0.1) is 0 Å². The van der Waals surface area contributed by atoms with Crippen LogP contribution in [0.5, 0.6) is 0 Å². The van der Waals surface area contributed by atoms with Crippen molar-refractivity contribution in [3.8, 4) is 0 Å². The van der Waals surface area contributed by atoms with Gasteiger partial charge < -0.3 is 5.32 Å². The fourth-order valence-corrected chi connectivity index (χ4v) is 4.07. The molecule has 2 aliphatic rings. The second kappa shape index (κ2) is 6.27. The maximum absolute atomic E-state index is 3.64. The first-order valence-corrected chi connectivity index (χ1v) is 7.93. The van der Waals surface area contributed by atoms with Crippen LogP contribution in [0.1, 0.15) is 39.5 Å². The minimum absolute atomic E-state index is 0.727. The molecule has 0 saturated carbocycles. The molecule has 2 fully saturated rings. The molecule has 16 heavy (non-hydrogen) atoms. The Hall–Kier alpha value is 0.270. The van der Waals surface area contributed by atoms with Crippen LogP contribution in [0.2, 0.25) is 0 Å². The van der Waals surface area contributed by atoms with Gasteiger partial charge in [0.1, 0.15) is 0 Å². The highest BCUT2D eigenvalue weighted by Crippen LogP contribution is 2.26. The van der Waals surface area contributed by atoms with Gasteiger partial charge in [0.15, 0.2) is 0 Å². The van der Waals surface area contributed by atoms with Crippen LogP contribution in [0.15, 0.2) is 0 Å². The van der Waals surface area contributed by atoms with Crippen LogP contribution in [0.4, 0.5) is 0 Å². The summed E-state index contributed by atoms with van der Waals surface area (Å²) in [6.45, 7) is 8.42. The standard InChI is InChI=1S/C13H26N2S/c1-3-12-9-15(11(2)8-14-12)10-13-6-4-5-7-16-13/h11-14H,3-10H2,1-2H3. The van der Waals surface area contributed by atoms with E-state index >= 15 is 0 Å². The topological polar surface area (TPSA) is 15.3 Å². The van der Waals surface area contributed by atoms with E-state index in [1.54, 1.807) is 0 Å². The predicted molar refractivity (Wildman–Crippen MR) is 73.2 cm³/mol. The van der Waals surface area contributed by atoms with Crippen LogP contribution in [0.3, 0.4) is 0 Å². The smallest absolute Gasteiger partial charge is 0.0193 e. The van der Waals surface area contributed by atoms with Gasteiger partial charge in [0.05, 0.1) is 0 Å². The van der Waals surface area contributed by atoms with Crippen LogP contribution < -0.4 is 5.32 Å². The molecule has 0 aliphatic carbocycles. The lowest BCUT2D eigenvalue weighted by molar-refractivity contribution is 0.138. The highest BCUT2D eigenvalue weighted by molar-refractivity contribution is 7.99. The SMILES string of the molecule is CCC1CN(CC2CCCCS2)C(C)CN1. The average Bonchev–Trinajstić information content (AvgIpc) is 2.33. The molecule has 94 valence electrons. The molecule has 0 spiro atoms. The van der Waals surface area contributed by atoms with E-state index in [1.807, 2.05) is 0 Å². The maximum atomic E-state index is 3.64. The van der Waals surface area contributed by atoms with Crippen molar-refractivity contribution < 1.29 is 0 Å². The third-order valence-corrected chi connectivity index (χ3v) is 5.37. The van der Waals surface area contributed by atoms with Crippen molar-refractivity contribution >= 4 is 11.8 Å². The zero-order valence-electron chi connectivity index (χ0n) is 10.7. The minimum atomic E-state index is 0.727. The largest absolute Gasteiger partial charge is 0.311 e. The van der Waals surface area contributed by atoms with E-state index in [-0.39, 0.29) is 0 Å². The normalized spacial score (nSPS) is 37.5. The number of piperazine rings is 1. The number of nitrogens with one attached hydrogen (secondary N) is 1. The lowest BCUT2D eigenvalue weighted by atomic mass is 10.1. The van der Waals surface area contributed by atoms with Crippen LogP contribution in [0.25, 0.3) is 0 Å². The molecule has 2 nitrogen and oxygen atoms in total. The predicted octanol–water partition coefficient (Wildman–Crippen LogP) is 2.34. The summed E-state index contributed by atoms with van der Waals surface area (Å²) in [6.07, 6.45) is 5.60. The Morgan fingerprint density at radius 2 is 2.25 bits per heavy atom. The Balaban J connectivity index is 1.81. The fourth-order valence-electron chi connectivity index (χ4n) is 2.73. The first-order chi connectivity index (χ1) is 7.79. The molecule has 0 aromatic carbocycles. The van der Waals surface area contributed by atoms with Gasteiger partial charge >= 0.3 is 0 Å². The monoisotopic (exact) mass is 242 g/mol. The van der Waals surface area contributed by atoms with Gasteiger partial charge in [-0.1, -0.05) is 13.3 Å². The van der Waals surface area contributed by atoms with Crippen molar-refractivity contribution in [2.45, 2.75) is 56.9 Å². The van der Waals surface area contributed by atoms with Crippen molar-refractivity contribution in [3.63, 3.8) is 0 Å². The van der Waals surface area contributed by atoms with E-state index in [0.717, 1.165) is 17.3 Å². The summed E-state index contributed by atoms with van der Waals surface area (Å²) in [5.74, 6) is 1.39. The summed E-state index contributed by atoms with van der Waals surface area (Å²) in [7, 11) is 0. The molecule has 3 atom stereocenters. The number of thioether (sulfide) groups is 1. The van der Waals surface area contributed by atoms with Crippen LogP contribution in [-0.4, -0.2) is 47.6 Å². The maximum Gasteiger partial charge on any atom is 0.0193 e. The molecule has 2 heterocycles. The summed E-state index contributed by atoms with van der Waals surface area (Å²) in [4.78, 5) is 2.72. The van der Waals surface area contributed by atoms with Crippen molar-refractivity contribution in [3.05, 3.63) is 0 Å². The van der Waals surface area contributed by atoms with Gasteiger partial charge in [0.25, 0.3) is 0 Å². The second-order valence-corrected chi connectivity index (χ2v) is 6.71. The molecule has 0 aromatic rings. The lowest BCUT2D eigenvalue weighted by Crippen LogP contribution is -2.56. The highest BCUT2D eigenvalue weighted by Gasteiger charge is 2.26. The second-order valence-electron chi connectivity index (χ2n) is 5.30. The third kappa shape index (κ3) is 3.38. The molecule has 2 rings (SSSR count). The van der Waals surface area contributed by atoms with Crippen molar-refractivity contribution in [1.82, 2.24) is 10.2 Å². The number of hydrogen-bond donors (Lipinski definition) is 1. The highest BCUT2D eigenvalue weighted by atomic mass is 32.2. The minimum Gasteiger partial charge on any atom is -0.311 e. The summed E-state index contributed by atoms with van der Waals surface area (Å²) in [6, 6.07) is 1.45. The molecular formula is C13H26N2S. The molecule has 3 heteroatoms. The van der Waals surface area contributed by atoms with E-state index in [9.17, 15) is 0 Å². The molecule has 0 amide bonds. The molecule has 3 unspecified atom stereocenters. The zero-order valence-corrected chi connectivity index (χ0v) is 11.6. The zero-order chi connectivity index (χ0) is 11.4. The summed E-state index contributed by atoms with van der Waals surface area (Å²) in [5, 5.41) is 4.55. The van der Waals surface area contributed by atoms with Gasteiger partial charge in [-0.25, -0.2) is 0 Å². The van der Waals surface area contributed by atoms with Crippen molar-refractivity contribution in [2.24, 2.45) is 0 Å². The van der Waals surface area contributed by atoms with E-state index in [4.69, 9.17) is 0 Å². The average molecular weight is 242 g/mol. The lowest BCUT2D eigenvalue weighted by Gasteiger charge is -2.40. The number of rotatable bonds is 3. The molecule has 1 N–H and O–H groups in total. The van der Waals surface area contributed by atoms with Crippen LogP contribution >= 0.6 is 11.8 Å². The van der Waals surface area contributed by atoms with Gasteiger partial charge in [0, 0.05) is 37.0 Å². The van der Waals surface area contributed by atoms with Gasteiger partial charge in [-0.05, 0) is 31.9 Å². The van der Waals surface area contributed by atoms with E-state index in [0.29, 0.717) is 0 Å². The fraction of sp³-hybridized carbons (Fsp3) is 1.00. The number of hydrogen-bond acceptors (Lipinski definition) is 3. The van der Waals surface area contributed by atoms with Crippen molar-refractivity contribution in [1.29, 1.82) is 0 Å². The Bertz CT molecular complexity index is 204. The van der Waals surface area contributed by atoms with Crippen LogP contribution in [0, 0.1) is 0 Å². The van der Waals surface area contributed by atoms with Gasteiger partial charge in [0.2, 0.25) is 0 Å².